The van der Waals surface area contributed by atoms with Crippen molar-refractivity contribution in [2.45, 2.75) is 38.3 Å². The van der Waals surface area contributed by atoms with Crippen LogP contribution in [0.1, 0.15) is 23.6 Å². The van der Waals surface area contributed by atoms with E-state index in [4.69, 9.17) is 4.74 Å². The van der Waals surface area contributed by atoms with Gasteiger partial charge in [0, 0.05) is 13.6 Å². The lowest BCUT2D eigenvalue weighted by Gasteiger charge is -2.21. The summed E-state index contributed by atoms with van der Waals surface area (Å²) < 4.78 is 32.0. The van der Waals surface area contributed by atoms with Gasteiger partial charge in [-0.1, -0.05) is 36.4 Å². The number of sulfonamides is 1. The minimum Gasteiger partial charge on any atom is -0.452 e. The van der Waals surface area contributed by atoms with E-state index in [0.29, 0.717) is 6.54 Å². The molecule has 29 heavy (non-hydrogen) atoms. The van der Waals surface area contributed by atoms with Crippen molar-refractivity contribution < 1.29 is 22.7 Å². The van der Waals surface area contributed by atoms with Crippen LogP contribution in [0.4, 0.5) is 0 Å². The van der Waals surface area contributed by atoms with Crippen LogP contribution in [0.25, 0.3) is 0 Å². The highest BCUT2D eigenvalue weighted by Crippen LogP contribution is 2.14. The van der Waals surface area contributed by atoms with Gasteiger partial charge in [-0.15, -0.1) is 0 Å². The second-order valence-corrected chi connectivity index (χ2v) is 8.65. The molecule has 0 saturated carbocycles. The molecule has 0 aliphatic rings. The maximum absolute atomic E-state index is 12.4. The summed E-state index contributed by atoms with van der Waals surface area (Å²) in [6.45, 7) is 4.96. The van der Waals surface area contributed by atoms with Crippen molar-refractivity contribution >= 4 is 21.9 Å². The van der Waals surface area contributed by atoms with Gasteiger partial charge in [-0.25, -0.2) is 8.42 Å². The molecule has 1 unspecified atom stereocenters. The van der Waals surface area contributed by atoms with E-state index in [0.717, 1.165) is 16.7 Å². The largest absolute Gasteiger partial charge is 0.452 e. The average molecular weight is 419 g/mol. The van der Waals surface area contributed by atoms with Gasteiger partial charge >= 0.3 is 5.97 Å². The molecular formula is C21H26N2O5S. The number of carbonyl (C=O) groups excluding carboxylic acids is 2. The molecule has 0 spiro atoms. The van der Waals surface area contributed by atoms with E-state index in [1.807, 2.05) is 44.2 Å². The monoisotopic (exact) mass is 418 g/mol. The molecule has 8 heteroatoms. The quantitative estimate of drug-likeness (QED) is 0.664. The molecule has 0 bridgehead atoms. The van der Waals surface area contributed by atoms with E-state index < -0.39 is 28.6 Å². The summed E-state index contributed by atoms with van der Waals surface area (Å²) in [6, 6.07) is 14.1. The molecule has 7 nitrogen and oxygen atoms in total. The van der Waals surface area contributed by atoms with Gasteiger partial charge in [0.1, 0.15) is 6.54 Å². The van der Waals surface area contributed by atoms with E-state index in [2.05, 4.69) is 4.72 Å². The van der Waals surface area contributed by atoms with Crippen LogP contribution in [0.2, 0.25) is 0 Å². The van der Waals surface area contributed by atoms with Crippen LogP contribution in [0, 0.1) is 13.8 Å². The number of benzene rings is 2. The number of hydrogen-bond acceptors (Lipinski definition) is 5. The number of likely N-dealkylation sites (N-methyl/N-ethyl adjacent to an activating group) is 1. The second kappa shape index (κ2) is 9.67. The van der Waals surface area contributed by atoms with Crippen LogP contribution in [0.3, 0.4) is 0 Å². The van der Waals surface area contributed by atoms with Crippen molar-refractivity contribution in [3.8, 4) is 0 Å². The zero-order chi connectivity index (χ0) is 21.6. The van der Waals surface area contributed by atoms with E-state index in [-0.39, 0.29) is 10.8 Å². The fourth-order valence-electron chi connectivity index (χ4n) is 2.65. The maximum atomic E-state index is 12.4. The Morgan fingerprint density at radius 3 is 2.34 bits per heavy atom. The summed E-state index contributed by atoms with van der Waals surface area (Å²) in [5, 5.41) is 0. The fraction of sp³-hybridized carbons (Fsp3) is 0.333. The molecule has 0 radical (unpaired) electrons. The van der Waals surface area contributed by atoms with Gasteiger partial charge in [0.05, 0.1) is 4.90 Å². The summed E-state index contributed by atoms with van der Waals surface area (Å²) in [5.41, 5.74) is 2.74. The smallest absolute Gasteiger partial charge is 0.321 e. The lowest BCUT2D eigenvalue weighted by atomic mass is 10.1. The van der Waals surface area contributed by atoms with E-state index in [1.54, 1.807) is 13.1 Å². The minimum absolute atomic E-state index is 0.0696. The fourth-order valence-corrected chi connectivity index (χ4v) is 3.71. The molecule has 156 valence electrons. The van der Waals surface area contributed by atoms with Crippen molar-refractivity contribution in [2.75, 3.05) is 13.6 Å². The number of rotatable bonds is 8. The van der Waals surface area contributed by atoms with Crippen molar-refractivity contribution in [1.29, 1.82) is 0 Å². The van der Waals surface area contributed by atoms with Crippen molar-refractivity contribution in [2.24, 2.45) is 0 Å². The van der Waals surface area contributed by atoms with Crippen LogP contribution in [-0.4, -0.2) is 44.9 Å². The van der Waals surface area contributed by atoms with Crippen LogP contribution in [0.5, 0.6) is 0 Å². The van der Waals surface area contributed by atoms with Crippen LogP contribution < -0.4 is 4.72 Å². The van der Waals surface area contributed by atoms with Gasteiger partial charge < -0.3 is 9.64 Å². The minimum atomic E-state index is -3.85. The third-order valence-electron chi connectivity index (χ3n) is 4.49. The second-order valence-electron chi connectivity index (χ2n) is 6.88. The van der Waals surface area contributed by atoms with Crippen molar-refractivity contribution in [1.82, 2.24) is 9.62 Å². The number of ether oxygens (including phenoxy) is 1. The lowest BCUT2D eigenvalue weighted by Crippen LogP contribution is -2.39. The van der Waals surface area contributed by atoms with E-state index >= 15 is 0 Å². The van der Waals surface area contributed by atoms with Crippen LogP contribution in [0.15, 0.2) is 53.4 Å². The Labute approximate surface area is 171 Å². The van der Waals surface area contributed by atoms with Gasteiger partial charge in [0.2, 0.25) is 10.0 Å². The highest BCUT2D eigenvalue weighted by molar-refractivity contribution is 7.89. The van der Waals surface area contributed by atoms with E-state index in [1.165, 1.54) is 24.0 Å². The molecular weight excluding hydrogens is 392 g/mol. The predicted octanol–water partition coefficient (Wildman–Crippen LogP) is 2.17. The normalized spacial score (nSPS) is 12.3. The Morgan fingerprint density at radius 2 is 1.72 bits per heavy atom. The van der Waals surface area contributed by atoms with Crippen LogP contribution >= 0.6 is 0 Å². The van der Waals surface area contributed by atoms with Gasteiger partial charge in [0.15, 0.2) is 6.10 Å². The number of aryl methyl sites for hydroxylation is 2. The average Bonchev–Trinajstić information content (AvgIpc) is 2.68. The molecule has 2 aromatic carbocycles. The SMILES string of the molecule is Cc1ccc(S(=O)(=O)NCC(=O)OC(C)C(=O)N(C)Cc2ccccc2)cc1C. The Hall–Kier alpha value is -2.71. The molecule has 2 rings (SSSR count). The molecule has 0 aliphatic heterocycles. The highest BCUT2D eigenvalue weighted by Gasteiger charge is 2.23. The van der Waals surface area contributed by atoms with E-state index in [9.17, 15) is 18.0 Å². The first-order valence-electron chi connectivity index (χ1n) is 9.15. The Bertz CT molecular complexity index is 974. The summed E-state index contributed by atoms with van der Waals surface area (Å²) in [5.74, 6) is -1.20. The molecule has 0 saturated heterocycles. The third kappa shape index (κ3) is 6.40. The maximum Gasteiger partial charge on any atom is 0.321 e. The molecule has 1 N–H and O–H groups in total. The van der Waals surface area contributed by atoms with Gasteiger partial charge in [-0.3, -0.25) is 9.59 Å². The lowest BCUT2D eigenvalue weighted by molar-refractivity contribution is -0.157. The molecule has 0 fully saturated rings. The first kappa shape index (κ1) is 22.6. The van der Waals surface area contributed by atoms with Crippen LogP contribution in [-0.2, 0) is 30.9 Å². The molecule has 1 atom stereocenters. The number of nitrogens with one attached hydrogen (secondary N) is 1. The third-order valence-corrected chi connectivity index (χ3v) is 5.89. The first-order valence-corrected chi connectivity index (χ1v) is 10.6. The van der Waals surface area contributed by atoms with Gasteiger partial charge in [-0.2, -0.15) is 4.72 Å². The Balaban J connectivity index is 1.89. The van der Waals surface area contributed by atoms with Gasteiger partial charge in [-0.05, 0) is 49.6 Å². The standard InChI is InChI=1S/C21H26N2O5S/c1-15-10-11-19(12-16(15)2)29(26,27)22-13-20(24)28-17(3)21(25)23(4)14-18-8-6-5-7-9-18/h5-12,17,22H,13-14H2,1-4H3. The zero-order valence-corrected chi connectivity index (χ0v) is 17.8. The topological polar surface area (TPSA) is 92.8 Å². The summed E-state index contributed by atoms with van der Waals surface area (Å²) in [4.78, 5) is 25.9. The molecule has 0 aliphatic carbocycles. The molecule has 0 heterocycles. The summed E-state index contributed by atoms with van der Waals surface area (Å²) in [7, 11) is -2.24. The Kier molecular flexibility index (Phi) is 7.53. The molecule has 1 amide bonds. The highest BCUT2D eigenvalue weighted by atomic mass is 32.2. The number of nitrogens with zero attached hydrogens (tertiary/aromatic N) is 1. The molecule has 2 aromatic rings. The predicted molar refractivity (Wildman–Crippen MR) is 110 cm³/mol. The number of carbonyl (C=O) groups is 2. The van der Waals surface area contributed by atoms with Crippen molar-refractivity contribution in [3.63, 3.8) is 0 Å². The zero-order valence-electron chi connectivity index (χ0n) is 17.0. The first-order chi connectivity index (χ1) is 13.6. The Morgan fingerprint density at radius 1 is 1.07 bits per heavy atom. The van der Waals surface area contributed by atoms with Crippen molar-refractivity contribution in [3.05, 3.63) is 65.2 Å². The summed E-state index contributed by atoms with van der Waals surface area (Å²) in [6.07, 6.45) is -1.03. The molecule has 0 aromatic heterocycles. The van der Waals surface area contributed by atoms with Gasteiger partial charge in [0.25, 0.3) is 5.91 Å². The summed E-state index contributed by atoms with van der Waals surface area (Å²) >= 11 is 0. The number of amides is 1. The number of hydrogen-bond donors (Lipinski definition) is 1. The number of esters is 1.